The van der Waals surface area contributed by atoms with Gasteiger partial charge in [-0.05, 0) is 25.2 Å². The lowest BCUT2D eigenvalue weighted by molar-refractivity contribution is -0.121. The number of hydrogen-bond acceptors (Lipinski definition) is 3. The van der Waals surface area contributed by atoms with E-state index in [1.165, 1.54) is 0 Å². The lowest BCUT2D eigenvalue weighted by Gasteiger charge is -2.20. The van der Waals surface area contributed by atoms with Gasteiger partial charge in [-0.25, -0.2) is 0 Å². The summed E-state index contributed by atoms with van der Waals surface area (Å²) >= 11 is 0. The Morgan fingerprint density at radius 3 is 2.18 bits per heavy atom. The van der Waals surface area contributed by atoms with E-state index < -0.39 is 0 Å². The van der Waals surface area contributed by atoms with E-state index in [0.29, 0.717) is 11.8 Å². The van der Waals surface area contributed by atoms with Crippen molar-refractivity contribution in [3.05, 3.63) is 0 Å². The Morgan fingerprint density at radius 1 is 1.18 bits per heavy atom. The van der Waals surface area contributed by atoms with E-state index in [-0.39, 0.29) is 31.1 Å². The van der Waals surface area contributed by atoms with E-state index >= 15 is 0 Å². The van der Waals surface area contributed by atoms with Crippen LogP contribution in [0.5, 0.6) is 0 Å². The van der Waals surface area contributed by atoms with Gasteiger partial charge in [-0.2, -0.15) is 0 Å². The van der Waals surface area contributed by atoms with Crippen molar-refractivity contribution in [2.45, 2.75) is 53.1 Å². The molecule has 3 N–H and O–H groups in total. The number of aliphatic hydroxyl groups is 1. The van der Waals surface area contributed by atoms with Crippen LogP contribution in [-0.4, -0.2) is 36.2 Å². The van der Waals surface area contributed by atoms with Crippen LogP contribution < -0.4 is 10.6 Å². The first-order valence-corrected chi connectivity index (χ1v) is 6.50. The van der Waals surface area contributed by atoms with Crippen LogP contribution in [0.25, 0.3) is 0 Å². The first-order chi connectivity index (χ1) is 7.86. The van der Waals surface area contributed by atoms with Gasteiger partial charge in [-0.1, -0.05) is 27.7 Å². The summed E-state index contributed by atoms with van der Waals surface area (Å²) in [6.07, 6.45) is 0.878. The highest BCUT2D eigenvalue weighted by Gasteiger charge is 2.13. The minimum Gasteiger partial charge on any atom is -0.395 e. The fourth-order valence-corrected chi connectivity index (χ4v) is 1.50. The molecule has 0 saturated heterocycles. The molecule has 0 bridgehead atoms. The highest BCUT2D eigenvalue weighted by molar-refractivity contribution is 5.78. The molecule has 0 saturated carbocycles. The third kappa shape index (κ3) is 8.16. The largest absolute Gasteiger partial charge is 0.395 e. The normalized spacial score (nSPS) is 15.1. The molecule has 0 spiro atoms. The smallest absolute Gasteiger partial charge is 0.234 e. The van der Waals surface area contributed by atoms with Crippen LogP contribution in [0.4, 0.5) is 0 Å². The molecular formula is C13H28N2O2. The molecule has 0 aromatic carbocycles. The molecule has 0 heterocycles. The molecule has 102 valence electrons. The summed E-state index contributed by atoms with van der Waals surface area (Å²) in [5, 5.41) is 15.2. The third-order valence-electron chi connectivity index (χ3n) is 2.92. The van der Waals surface area contributed by atoms with Gasteiger partial charge in [0.05, 0.1) is 13.2 Å². The average molecular weight is 244 g/mol. The van der Waals surface area contributed by atoms with Crippen molar-refractivity contribution in [3.8, 4) is 0 Å². The zero-order valence-corrected chi connectivity index (χ0v) is 11.8. The molecule has 17 heavy (non-hydrogen) atoms. The molecule has 2 atom stereocenters. The standard InChI is InChI=1S/C13H28N2O2/c1-9(2)6-12(8-16)14-7-13(17)15-11(5)10(3)4/h9-12,14,16H,6-8H2,1-5H3,(H,15,17). The van der Waals surface area contributed by atoms with Crippen molar-refractivity contribution in [1.29, 1.82) is 0 Å². The fraction of sp³-hybridized carbons (Fsp3) is 0.923. The number of amides is 1. The minimum absolute atomic E-state index is 0.00611. The van der Waals surface area contributed by atoms with Crippen molar-refractivity contribution >= 4 is 5.91 Å². The van der Waals surface area contributed by atoms with Crippen molar-refractivity contribution in [3.63, 3.8) is 0 Å². The molecule has 0 aliphatic rings. The van der Waals surface area contributed by atoms with Gasteiger partial charge in [0, 0.05) is 12.1 Å². The molecule has 1 amide bonds. The Labute approximate surface area is 105 Å². The molecule has 4 heteroatoms. The van der Waals surface area contributed by atoms with E-state index in [4.69, 9.17) is 5.11 Å². The zero-order chi connectivity index (χ0) is 13.4. The summed E-state index contributed by atoms with van der Waals surface area (Å²) < 4.78 is 0. The van der Waals surface area contributed by atoms with Crippen LogP contribution in [0.3, 0.4) is 0 Å². The average Bonchev–Trinajstić information content (AvgIpc) is 2.23. The molecule has 2 unspecified atom stereocenters. The zero-order valence-electron chi connectivity index (χ0n) is 11.8. The number of carbonyl (C=O) groups excluding carboxylic acids is 1. The van der Waals surface area contributed by atoms with Gasteiger partial charge in [-0.3, -0.25) is 4.79 Å². The summed E-state index contributed by atoms with van der Waals surface area (Å²) in [5.74, 6) is 0.939. The molecule has 0 rings (SSSR count). The van der Waals surface area contributed by atoms with Crippen LogP contribution in [0.1, 0.15) is 41.0 Å². The van der Waals surface area contributed by atoms with E-state index in [0.717, 1.165) is 6.42 Å². The number of carbonyl (C=O) groups is 1. The summed E-state index contributed by atoms with van der Waals surface area (Å²) in [6.45, 7) is 10.7. The molecular weight excluding hydrogens is 216 g/mol. The van der Waals surface area contributed by atoms with Gasteiger partial charge in [-0.15, -0.1) is 0 Å². The quantitative estimate of drug-likeness (QED) is 0.600. The number of rotatable bonds is 8. The second-order valence-electron chi connectivity index (χ2n) is 5.49. The maximum atomic E-state index is 11.6. The van der Waals surface area contributed by atoms with Gasteiger partial charge < -0.3 is 15.7 Å². The second kappa shape index (κ2) is 8.48. The maximum Gasteiger partial charge on any atom is 0.234 e. The van der Waals surface area contributed by atoms with Gasteiger partial charge in [0.1, 0.15) is 0 Å². The van der Waals surface area contributed by atoms with Crippen molar-refractivity contribution in [2.24, 2.45) is 11.8 Å². The van der Waals surface area contributed by atoms with Crippen LogP contribution in [0, 0.1) is 11.8 Å². The van der Waals surface area contributed by atoms with E-state index in [1.807, 2.05) is 6.92 Å². The third-order valence-corrected chi connectivity index (χ3v) is 2.92. The van der Waals surface area contributed by atoms with Gasteiger partial charge >= 0.3 is 0 Å². The lowest BCUT2D eigenvalue weighted by atomic mass is 10.0. The molecule has 0 aliphatic carbocycles. The topological polar surface area (TPSA) is 61.4 Å². The second-order valence-corrected chi connectivity index (χ2v) is 5.49. The predicted molar refractivity (Wildman–Crippen MR) is 70.8 cm³/mol. The van der Waals surface area contributed by atoms with Crippen molar-refractivity contribution < 1.29 is 9.90 Å². The SMILES string of the molecule is CC(C)CC(CO)NCC(=O)NC(C)C(C)C. The first-order valence-electron chi connectivity index (χ1n) is 6.50. The highest BCUT2D eigenvalue weighted by atomic mass is 16.3. The Bertz CT molecular complexity index is 217. The van der Waals surface area contributed by atoms with E-state index in [9.17, 15) is 4.79 Å². The van der Waals surface area contributed by atoms with Crippen LogP contribution in [0.2, 0.25) is 0 Å². The molecule has 0 fully saturated rings. The van der Waals surface area contributed by atoms with Crippen LogP contribution in [-0.2, 0) is 4.79 Å². The molecule has 0 aromatic rings. The van der Waals surface area contributed by atoms with Gasteiger partial charge in [0.2, 0.25) is 5.91 Å². The van der Waals surface area contributed by atoms with Gasteiger partial charge in [0.25, 0.3) is 0 Å². The summed E-state index contributed by atoms with van der Waals surface area (Å²) in [4.78, 5) is 11.6. The minimum atomic E-state index is -0.00611. The number of nitrogens with one attached hydrogen (secondary N) is 2. The fourth-order valence-electron chi connectivity index (χ4n) is 1.50. The lowest BCUT2D eigenvalue weighted by Crippen LogP contribution is -2.45. The van der Waals surface area contributed by atoms with Crippen LogP contribution >= 0.6 is 0 Å². The monoisotopic (exact) mass is 244 g/mol. The number of aliphatic hydroxyl groups excluding tert-OH is 1. The van der Waals surface area contributed by atoms with Crippen molar-refractivity contribution in [2.75, 3.05) is 13.2 Å². The number of hydrogen-bond donors (Lipinski definition) is 3. The van der Waals surface area contributed by atoms with E-state index in [1.54, 1.807) is 0 Å². The molecule has 4 nitrogen and oxygen atoms in total. The van der Waals surface area contributed by atoms with E-state index in [2.05, 4.69) is 38.3 Å². The molecule has 0 aliphatic heterocycles. The Kier molecular flexibility index (Phi) is 8.17. The Balaban J connectivity index is 3.88. The summed E-state index contributed by atoms with van der Waals surface area (Å²) in [6, 6.07) is 0.192. The summed E-state index contributed by atoms with van der Waals surface area (Å²) in [7, 11) is 0. The van der Waals surface area contributed by atoms with Crippen LogP contribution in [0.15, 0.2) is 0 Å². The molecule has 0 radical (unpaired) electrons. The van der Waals surface area contributed by atoms with Crippen molar-refractivity contribution in [1.82, 2.24) is 10.6 Å². The Hall–Kier alpha value is -0.610. The molecule has 0 aromatic heterocycles. The maximum absolute atomic E-state index is 11.6. The van der Waals surface area contributed by atoms with Gasteiger partial charge in [0.15, 0.2) is 0 Å². The Morgan fingerprint density at radius 2 is 1.76 bits per heavy atom. The highest BCUT2D eigenvalue weighted by Crippen LogP contribution is 2.03. The predicted octanol–water partition coefficient (Wildman–Crippen LogP) is 1.14. The summed E-state index contributed by atoms with van der Waals surface area (Å²) in [5.41, 5.74) is 0. The first kappa shape index (κ1) is 16.4.